The second-order valence-corrected chi connectivity index (χ2v) is 6.26. The van der Waals surface area contributed by atoms with Gasteiger partial charge in [-0.3, -0.25) is 4.79 Å². The number of hydrogen-bond acceptors (Lipinski definition) is 3. The van der Waals surface area contributed by atoms with Crippen LogP contribution in [0.5, 0.6) is 11.5 Å². The first kappa shape index (κ1) is 19.8. The van der Waals surface area contributed by atoms with Gasteiger partial charge in [0.25, 0.3) is 0 Å². The molecule has 0 saturated carbocycles. The maximum absolute atomic E-state index is 12.7. The summed E-state index contributed by atoms with van der Waals surface area (Å²) in [4.78, 5) is 12.7. The van der Waals surface area contributed by atoms with Gasteiger partial charge in [0.05, 0.1) is 13.7 Å². The van der Waals surface area contributed by atoms with E-state index in [-0.39, 0.29) is 33.0 Å². The van der Waals surface area contributed by atoms with Gasteiger partial charge in [-0.1, -0.05) is 18.2 Å². The number of methoxy groups -OCH3 is 1. The Labute approximate surface area is 151 Å². The van der Waals surface area contributed by atoms with Crippen LogP contribution in [0.3, 0.4) is 0 Å². The average Bonchev–Trinajstić information content (AvgIpc) is 2.48. The van der Waals surface area contributed by atoms with E-state index < -0.39 is 0 Å². The standard InChI is InChI=1S/C18H21O3P.Li.H/c1-5-21-15-8-6-7-9-16(15)22-18(19)17-12(2)10-14(20-4)11-13(17)3;;/h6-11,22H,5H2,1-4H3;;. The van der Waals surface area contributed by atoms with Crippen LogP contribution in [0.1, 0.15) is 28.4 Å². The monoisotopic (exact) mass is 324 g/mol. The number of benzene rings is 2. The Kier molecular flexibility index (Phi) is 7.86. The maximum atomic E-state index is 12.7. The molecule has 5 heteroatoms. The number of rotatable bonds is 6. The van der Waals surface area contributed by atoms with Crippen molar-refractivity contribution < 1.29 is 14.3 Å². The van der Waals surface area contributed by atoms with Gasteiger partial charge in [0.15, 0.2) is 5.52 Å². The van der Waals surface area contributed by atoms with E-state index in [9.17, 15) is 4.79 Å². The second kappa shape index (κ2) is 9.14. The third kappa shape index (κ3) is 4.85. The van der Waals surface area contributed by atoms with Gasteiger partial charge in [0, 0.05) is 10.9 Å². The van der Waals surface area contributed by atoms with Crippen LogP contribution in [0.25, 0.3) is 0 Å². The normalized spacial score (nSPS) is 10.4. The molecule has 0 fully saturated rings. The van der Waals surface area contributed by atoms with Crippen molar-refractivity contribution in [2.45, 2.75) is 20.8 Å². The molecular formula is C18H22LiO3P. The summed E-state index contributed by atoms with van der Waals surface area (Å²) < 4.78 is 10.9. The molecule has 0 aliphatic carbocycles. The van der Waals surface area contributed by atoms with Gasteiger partial charge in [-0.15, -0.1) is 0 Å². The number of carbonyl (C=O) groups is 1. The Hall–Kier alpha value is -1.26. The molecule has 1 unspecified atom stereocenters. The Morgan fingerprint density at radius 3 is 2.30 bits per heavy atom. The van der Waals surface area contributed by atoms with Crippen molar-refractivity contribution in [1.29, 1.82) is 0 Å². The molecular weight excluding hydrogens is 302 g/mol. The van der Waals surface area contributed by atoms with Crippen LogP contribution < -0.4 is 14.8 Å². The molecule has 2 rings (SSSR count). The quantitative estimate of drug-likeness (QED) is 0.605. The van der Waals surface area contributed by atoms with Crippen LogP contribution in [-0.4, -0.2) is 38.1 Å². The summed E-state index contributed by atoms with van der Waals surface area (Å²) in [6.07, 6.45) is 0. The summed E-state index contributed by atoms with van der Waals surface area (Å²) in [5.41, 5.74) is 2.81. The van der Waals surface area contributed by atoms with Crippen molar-refractivity contribution in [3.8, 4) is 11.5 Å². The molecule has 0 aliphatic heterocycles. The second-order valence-electron chi connectivity index (χ2n) is 5.02. The Morgan fingerprint density at radius 2 is 1.74 bits per heavy atom. The predicted octanol–water partition coefficient (Wildman–Crippen LogP) is 3.21. The molecule has 0 spiro atoms. The van der Waals surface area contributed by atoms with Crippen LogP contribution in [-0.2, 0) is 0 Å². The van der Waals surface area contributed by atoms with E-state index in [4.69, 9.17) is 9.47 Å². The van der Waals surface area contributed by atoms with Crippen LogP contribution >= 0.6 is 8.58 Å². The molecule has 0 saturated heterocycles. The number of ether oxygens (including phenoxy) is 2. The van der Waals surface area contributed by atoms with Crippen molar-refractivity contribution in [3.63, 3.8) is 0 Å². The van der Waals surface area contributed by atoms with E-state index in [0.29, 0.717) is 6.61 Å². The summed E-state index contributed by atoms with van der Waals surface area (Å²) in [6, 6.07) is 11.5. The first-order valence-electron chi connectivity index (χ1n) is 7.25. The predicted molar refractivity (Wildman–Crippen MR) is 99.5 cm³/mol. The van der Waals surface area contributed by atoms with Gasteiger partial charge in [-0.2, -0.15) is 0 Å². The molecule has 1 atom stereocenters. The summed E-state index contributed by atoms with van der Waals surface area (Å²) in [7, 11) is 1.68. The van der Waals surface area contributed by atoms with Crippen LogP contribution in [0, 0.1) is 13.8 Å². The summed E-state index contributed by atoms with van der Waals surface area (Å²) in [6.45, 7) is 6.43. The molecule has 0 aromatic heterocycles. The van der Waals surface area contributed by atoms with Crippen molar-refractivity contribution in [2.75, 3.05) is 13.7 Å². The molecule has 23 heavy (non-hydrogen) atoms. The number of para-hydroxylation sites is 1. The molecule has 0 aliphatic rings. The molecule has 0 N–H and O–H groups in total. The molecule has 0 bridgehead atoms. The fourth-order valence-corrected chi connectivity index (χ4v) is 3.66. The third-order valence-electron chi connectivity index (χ3n) is 3.40. The first-order chi connectivity index (χ1) is 10.6. The van der Waals surface area contributed by atoms with E-state index in [2.05, 4.69) is 0 Å². The fraction of sp³-hybridized carbons (Fsp3) is 0.278. The van der Waals surface area contributed by atoms with Crippen molar-refractivity contribution in [2.24, 2.45) is 0 Å². The van der Waals surface area contributed by atoms with E-state index in [1.807, 2.05) is 57.2 Å². The zero-order chi connectivity index (χ0) is 16.1. The molecule has 118 valence electrons. The van der Waals surface area contributed by atoms with E-state index in [1.54, 1.807) is 7.11 Å². The summed E-state index contributed by atoms with van der Waals surface area (Å²) >= 11 is 0. The van der Waals surface area contributed by atoms with Crippen LogP contribution in [0.2, 0.25) is 0 Å². The van der Waals surface area contributed by atoms with Crippen LogP contribution in [0.4, 0.5) is 0 Å². The molecule has 0 heterocycles. The number of hydrogen-bond donors (Lipinski definition) is 0. The Balaban J connectivity index is 0.00000264. The third-order valence-corrected chi connectivity index (χ3v) is 4.56. The first-order valence-corrected chi connectivity index (χ1v) is 8.25. The van der Waals surface area contributed by atoms with E-state index in [1.165, 1.54) is 0 Å². The van der Waals surface area contributed by atoms with Gasteiger partial charge in [0.1, 0.15) is 11.5 Å². The SMILES string of the molecule is CCOc1ccccc1PC(=O)c1c(C)cc(OC)cc1C.[LiH]. The van der Waals surface area contributed by atoms with Crippen molar-refractivity contribution in [1.82, 2.24) is 0 Å². The van der Waals surface area contributed by atoms with Gasteiger partial charge in [0.2, 0.25) is 0 Å². The molecule has 2 aromatic rings. The molecule has 0 amide bonds. The van der Waals surface area contributed by atoms with Gasteiger partial charge >= 0.3 is 18.9 Å². The van der Waals surface area contributed by atoms with Crippen LogP contribution in [0.15, 0.2) is 36.4 Å². The summed E-state index contributed by atoms with van der Waals surface area (Å²) in [5.74, 6) is 1.57. The van der Waals surface area contributed by atoms with E-state index in [0.717, 1.165) is 33.5 Å². The van der Waals surface area contributed by atoms with Gasteiger partial charge in [-0.25, -0.2) is 0 Å². The zero-order valence-electron chi connectivity index (χ0n) is 13.4. The topological polar surface area (TPSA) is 35.5 Å². The number of aryl methyl sites for hydroxylation is 2. The summed E-state index contributed by atoms with van der Waals surface area (Å²) in [5, 5.41) is 0.948. The number of carbonyl (C=O) groups excluding carboxylic acids is 1. The van der Waals surface area contributed by atoms with Crippen molar-refractivity contribution in [3.05, 3.63) is 53.1 Å². The minimum atomic E-state index is 0. The van der Waals surface area contributed by atoms with Gasteiger partial charge in [-0.05, 0) is 58.7 Å². The van der Waals surface area contributed by atoms with E-state index >= 15 is 0 Å². The Bertz CT molecular complexity index is 663. The molecule has 3 nitrogen and oxygen atoms in total. The molecule has 0 radical (unpaired) electrons. The van der Waals surface area contributed by atoms with Gasteiger partial charge < -0.3 is 9.47 Å². The minimum absolute atomic E-state index is 0. The average molecular weight is 324 g/mol. The van der Waals surface area contributed by atoms with Crippen molar-refractivity contribution >= 4 is 38.3 Å². The zero-order valence-corrected chi connectivity index (χ0v) is 14.4. The molecule has 2 aromatic carbocycles. The fourth-order valence-electron chi connectivity index (χ4n) is 2.44. The Morgan fingerprint density at radius 1 is 1.13 bits per heavy atom.